The van der Waals surface area contributed by atoms with Crippen molar-refractivity contribution in [2.45, 2.75) is 19.8 Å². The summed E-state index contributed by atoms with van der Waals surface area (Å²) in [6, 6.07) is -0.579. The van der Waals surface area contributed by atoms with Gasteiger partial charge in [0.1, 0.15) is 0 Å². The third-order valence-corrected chi connectivity index (χ3v) is 0.884. The molecule has 0 bridgehead atoms. The molecule has 9 heavy (non-hydrogen) atoms. The van der Waals surface area contributed by atoms with Crippen LogP contribution in [-0.2, 0) is 4.79 Å². The Morgan fingerprint density at radius 2 is 2.33 bits per heavy atom. The highest BCUT2D eigenvalue weighted by molar-refractivity contribution is 6.45. The molecule has 0 aliphatic rings. The Bertz CT molecular complexity index is 106. The molecule has 0 aliphatic heterocycles. The van der Waals surface area contributed by atoms with Gasteiger partial charge in [0.2, 0.25) is 0 Å². The SMILES string of the molecule is CB(O)N[C@H](C)C(=O)[OH2+]. The van der Waals surface area contributed by atoms with Gasteiger partial charge in [-0.3, -0.25) is 0 Å². The quantitative estimate of drug-likeness (QED) is 0.356. The van der Waals surface area contributed by atoms with Gasteiger partial charge in [-0.05, 0) is 13.7 Å². The van der Waals surface area contributed by atoms with E-state index < -0.39 is 19.1 Å². The first-order valence-electron chi connectivity index (χ1n) is 2.73. The van der Waals surface area contributed by atoms with Crippen LogP contribution < -0.4 is 5.23 Å². The first-order chi connectivity index (χ1) is 4.04. The normalized spacial score (nSPS) is 12.8. The summed E-state index contributed by atoms with van der Waals surface area (Å²) >= 11 is 0. The molecule has 52 valence electrons. The van der Waals surface area contributed by atoms with Gasteiger partial charge in [0.25, 0.3) is 0 Å². The van der Waals surface area contributed by atoms with Crippen LogP contribution in [0.15, 0.2) is 0 Å². The average Bonchev–Trinajstić information content (AvgIpc) is 1.63. The topological polar surface area (TPSA) is 72.2 Å². The van der Waals surface area contributed by atoms with Crippen molar-refractivity contribution in [1.82, 2.24) is 5.23 Å². The Morgan fingerprint density at radius 1 is 1.89 bits per heavy atom. The largest absolute Gasteiger partial charge is 0.564 e. The van der Waals surface area contributed by atoms with E-state index in [0.717, 1.165) is 0 Å². The minimum Gasteiger partial charge on any atom is -0.564 e. The Balaban J connectivity index is 3.50. The summed E-state index contributed by atoms with van der Waals surface area (Å²) in [5, 5.41) is 17.7. The highest BCUT2D eigenvalue weighted by atomic mass is 16.4. The van der Waals surface area contributed by atoms with Gasteiger partial charge in [0, 0.05) is 4.79 Å². The Labute approximate surface area is 54.0 Å². The van der Waals surface area contributed by atoms with E-state index in [9.17, 15) is 4.79 Å². The van der Waals surface area contributed by atoms with Crippen LogP contribution in [0.3, 0.4) is 0 Å². The molecule has 0 amide bonds. The molecular weight excluding hydrogens is 121 g/mol. The number of rotatable bonds is 3. The summed E-state index contributed by atoms with van der Waals surface area (Å²) < 4.78 is 0. The molecular formula is C4H11BNO3+. The third-order valence-electron chi connectivity index (χ3n) is 0.884. The highest BCUT2D eigenvalue weighted by Crippen LogP contribution is 1.80. The molecule has 0 unspecified atom stereocenters. The molecule has 0 aliphatic carbocycles. The lowest BCUT2D eigenvalue weighted by Gasteiger charge is -2.03. The van der Waals surface area contributed by atoms with Gasteiger partial charge in [-0.25, -0.2) is 0 Å². The molecule has 0 aromatic heterocycles. The summed E-state index contributed by atoms with van der Waals surface area (Å²) in [7, 11) is -0.728. The van der Waals surface area contributed by atoms with E-state index in [4.69, 9.17) is 10.1 Å². The summed E-state index contributed by atoms with van der Waals surface area (Å²) in [6.45, 7) is 3.03. The summed E-state index contributed by atoms with van der Waals surface area (Å²) in [5.41, 5.74) is 0. The molecule has 0 aromatic rings. The maximum Gasteiger partial charge on any atom is 0.531 e. The lowest BCUT2D eigenvalue weighted by atomic mass is 9.87. The standard InChI is InChI=1S/C4H10BNO3/c1-3(4(7)8)6-5(2)9/h3,6,9H,1-2H3,(H,7,8)/p+1/t3-/m1/s1. The first kappa shape index (κ1) is 8.45. The lowest BCUT2D eigenvalue weighted by molar-refractivity contribution is -0.138. The van der Waals surface area contributed by atoms with Gasteiger partial charge in [-0.1, -0.05) is 0 Å². The van der Waals surface area contributed by atoms with E-state index in [-0.39, 0.29) is 0 Å². The summed E-state index contributed by atoms with van der Waals surface area (Å²) in [4.78, 5) is 10.2. The van der Waals surface area contributed by atoms with E-state index in [1.165, 1.54) is 13.7 Å². The lowest BCUT2D eigenvalue weighted by Crippen LogP contribution is -2.42. The van der Waals surface area contributed by atoms with Gasteiger partial charge in [-0.15, -0.1) is 0 Å². The van der Waals surface area contributed by atoms with Crippen molar-refractivity contribution in [3.05, 3.63) is 0 Å². The van der Waals surface area contributed by atoms with E-state index in [1.54, 1.807) is 0 Å². The number of nitrogens with one attached hydrogen (secondary N) is 1. The second-order valence-corrected chi connectivity index (χ2v) is 1.93. The van der Waals surface area contributed by atoms with Crippen LogP contribution in [0.4, 0.5) is 0 Å². The Kier molecular flexibility index (Phi) is 3.26. The number of hydrogen-bond acceptors (Lipinski definition) is 3. The maximum atomic E-state index is 10.2. The number of carbonyl (C=O) groups excluding carboxylic acids is 1. The molecule has 0 heterocycles. The van der Waals surface area contributed by atoms with Crippen LogP contribution in [0.1, 0.15) is 6.92 Å². The third kappa shape index (κ3) is 3.99. The monoisotopic (exact) mass is 132 g/mol. The van der Waals surface area contributed by atoms with Crippen LogP contribution in [-0.4, -0.2) is 29.2 Å². The molecule has 5 heteroatoms. The number of hydrogen-bond donors (Lipinski definition) is 2. The maximum absolute atomic E-state index is 10.2. The molecule has 0 radical (unpaired) electrons. The van der Waals surface area contributed by atoms with Crippen molar-refractivity contribution in [2.24, 2.45) is 0 Å². The molecule has 0 spiro atoms. The van der Waals surface area contributed by atoms with Gasteiger partial charge in [0.05, 0.1) is 0 Å². The van der Waals surface area contributed by atoms with Crippen molar-refractivity contribution < 1.29 is 14.9 Å². The smallest absolute Gasteiger partial charge is 0.531 e. The summed E-state index contributed by atoms with van der Waals surface area (Å²) in [5.74, 6) is -0.712. The van der Waals surface area contributed by atoms with Crippen LogP contribution in [0.5, 0.6) is 0 Å². The van der Waals surface area contributed by atoms with Gasteiger partial charge < -0.3 is 15.4 Å². The average molecular weight is 132 g/mol. The minimum atomic E-state index is -0.728. The second kappa shape index (κ2) is 3.47. The summed E-state index contributed by atoms with van der Waals surface area (Å²) in [6.07, 6.45) is 0. The van der Waals surface area contributed by atoms with Gasteiger partial charge in [0.15, 0.2) is 6.04 Å². The van der Waals surface area contributed by atoms with Crippen molar-refractivity contribution >= 4 is 13.0 Å². The second-order valence-electron chi connectivity index (χ2n) is 1.93. The fourth-order valence-corrected chi connectivity index (χ4v) is 0.437. The van der Waals surface area contributed by atoms with Crippen LogP contribution in [0.25, 0.3) is 0 Å². The van der Waals surface area contributed by atoms with E-state index in [1.807, 2.05) is 0 Å². The number of carbonyl (C=O) groups is 1. The van der Waals surface area contributed by atoms with Crippen molar-refractivity contribution in [1.29, 1.82) is 0 Å². The van der Waals surface area contributed by atoms with Crippen molar-refractivity contribution in [3.8, 4) is 0 Å². The molecule has 4 N–H and O–H groups in total. The van der Waals surface area contributed by atoms with E-state index in [2.05, 4.69) is 5.23 Å². The zero-order valence-electron chi connectivity index (χ0n) is 5.51. The molecule has 0 aromatic carbocycles. The fraction of sp³-hybridized carbons (Fsp3) is 0.750. The zero-order valence-corrected chi connectivity index (χ0v) is 5.51. The zero-order chi connectivity index (χ0) is 7.44. The Hall–Kier alpha value is -0.545. The van der Waals surface area contributed by atoms with Crippen LogP contribution in [0, 0.1) is 0 Å². The van der Waals surface area contributed by atoms with E-state index in [0.29, 0.717) is 0 Å². The Morgan fingerprint density at radius 3 is 2.44 bits per heavy atom. The van der Waals surface area contributed by atoms with Crippen LogP contribution in [0.2, 0.25) is 6.82 Å². The van der Waals surface area contributed by atoms with Gasteiger partial charge >= 0.3 is 13.0 Å². The predicted octanol–water partition coefficient (Wildman–Crippen LogP) is -1.67. The van der Waals surface area contributed by atoms with Crippen molar-refractivity contribution in [2.75, 3.05) is 0 Å². The molecule has 4 nitrogen and oxygen atoms in total. The molecule has 0 rings (SSSR count). The van der Waals surface area contributed by atoms with Crippen LogP contribution >= 0.6 is 0 Å². The minimum absolute atomic E-state index is 0.579. The molecule has 0 saturated heterocycles. The molecule has 0 fully saturated rings. The predicted molar refractivity (Wildman–Crippen MR) is 35.1 cm³/mol. The first-order valence-corrected chi connectivity index (χ1v) is 2.73. The molecule has 1 atom stereocenters. The molecule has 0 saturated carbocycles. The van der Waals surface area contributed by atoms with Gasteiger partial charge in [-0.2, -0.15) is 0 Å². The highest BCUT2D eigenvalue weighted by Gasteiger charge is 2.20. The van der Waals surface area contributed by atoms with E-state index >= 15 is 0 Å². The fourth-order valence-electron chi connectivity index (χ4n) is 0.437. The van der Waals surface area contributed by atoms with Crippen molar-refractivity contribution in [3.63, 3.8) is 0 Å².